The maximum atomic E-state index is 14.0. The third-order valence-corrected chi connectivity index (χ3v) is 8.39. The summed E-state index contributed by atoms with van der Waals surface area (Å²) in [5.41, 5.74) is 1.41. The highest BCUT2D eigenvalue weighted by atomic mass is 31.2. The Morgan fingerprint density at radius 1 is 1.08 bits per heavy atom. The van der Waals surface area contributed by atoms with E-state index in [1.807, 2.05) is 49.4 Å². The van der Waals surface area contributed by atoms with Crippen molar-refractivity contribution in [3.8, 4) is 0 Å². The van der Waals surface area contributed by atoms with Gasteiger partial charge in [-0.15, -0.1) is 0 Å². The maximum Gasteiger partial charge on any atom is 0.344 e. The molecule has 204 valence electrons. The lowest BCUT2D eigenvalue weighted by atomic mass is 9.81. The summed E-state index contributed by atoms with van der Waals surface area (Å²) in [5.74, 6) is -1.55. The molecule has 1 atom stereocenters. The summed E-state index contributed by atoms with van der Waals surface area (Å²) in [6.07, 6.45) is 3.24. The van der Waals surface area contributed by atoms with E-state index in [9.17, 15) is 28.7 Å². The molecule has 2 N–H and O–H groups in total. The molecule has 1 aliphatic carbocycles. The largest absolute Gasteiger partial charge is 0.459 e. The number of carbonyl (C=O) groups excluding carboxylic acids is 3. The second-order valence-corrected chi connectivity index (χ2v) is 11.8. The summed E-state index contributed by atoms with van der Waals surface area (Å²) in [6.45, 7) is 1.57. The average molecular weight is 543 g/mol. The Morgan fingerprint density at radius 3 is 2.39 bits per heavy atom. The number of carbonyl (C=O) groups is 3. The van der Waals surface area contributed by atoms with E-state index in [4.69, 9.17) is 4.74 Å². The Balaban J connectivity index is 1.64. The van der Waals surface area contributed by atoms with Gasteiger partial charge in [0.1, 0.15) is 25.5 Å². The molecule has 2 aromatic rings. The molecule has 1 heterocycles. The smallest absolute Gasteiger partial charge is 0.344 e. The molecule has 9 nitrogen and oxygen atoms in total. The number of aryl methyl sites for hydroxylation is 1. The van der Waals surface area contributed by atoms with Gasteiger partial charge in [-0.05, 0) is 49.3 Å². The number of amides is 2. The minimum Gasteiger partial charge on any atom is -0.459 e. The number of fused-ring (bicyclic) bond motifs is 1. The number of rotatable bonds is 9. The van der Waals surface area contributed by atoms with Gasteiger partial charge >= 0.3 is 13.6 Å². The van der Waals surface area contributed by atoms with E-state index in [1.54, 1.807) is 12.1 Å². The van der Waals surface area contributed by atoms with Crippen LogP contribution >= 0.6 is 7.60 Å². The first kappa shape index (κ1) is 28.0. The van der Waals surface area contributed by atoms with Crippen LogP contribution in [0.4, 0.5) is 5.69 Å². The molecule has 0 saturated heterocycles. The van der Waals surface area contributed by atoms with Gasteiger partial charge in [0.2, 0.25) is 11.8 Å². The molecule has 10 heteroatoms. The molecule has 1 fully saturated rings. The summed E-state index contributed by atoms with van der Waals surface area (Å²) in [7, 11) is -4.69. The van der Waals surface area contributed by atoms with Crippen LogP contribution in [0.3, 0.4) is 0 Å². The fraction of sp³-hybridized carbons (Fsp3) is 0.464. The molecule has 2 amide bonds. The van der Waals surface area contributed by atoms with Gasteiger partial charge in [0, 0.05) is 11.1 Å². The molecule has 0 spiro atoms. The molecule has 0 unspecified atom stereocenters. The lowest BCUT2D eigenvalue weighted by Crippen LogP contribution is -2.55. The molecule has 38 heavy (non-hydrogen) atoms. The molecular formula is C28H35N2O7P. The van der Waals surface area contributed by atoms with E-state index in [2.05, 4.69) is 0 Å². The summed E-state index contributed by atoms with van der Waals surface area (Å²) in [6, 6.07) is 15.3. The fourth-order valence-electron chi connectivity index (χ4n) is 5.64. The summed E-state index contributed by atoms with van der Waals surface area (Å²) < 4.78 is 17.6. The van der Waals surface area contributed by atoms with Crippen LogP contribution in [0.15, 0.2) is 54.6 Å². The molecule has 0 radical (unpaired) electrons. The van der Waals surface area contributed by atoms with Crippen LogP contribution in [-0.4, -0.2) is 51.3 Å². The van der Waals surface area contributed by atoms with E-state index in [0.29, 0.717) is 31.4 Å². The quantitative estimate of drug-likeness (QED) is 0.362. The van der Waals surface area contributed by atoms with Crippen LogP contribution in [0.2, 0.25) is 0 Å². The minimum absolute atomic E-state index is 0.0502. The second kappa shape index (κ2) is 11.8. The number of hydrogen-bond donors (Lipinski definition) is 2. The Morgan fingerprint density at radius 2 is 1.74 bits per heavy atom. The highest BCUT2D eigenvalue weighted by molar-refractivity contribution is 7.51. The zero-order chi connectivity index (χ0) is 27.3. The normalized spacial score (nSPS) is 19.0. The Hall–Kier alpha value is -3.00. The number of benzene rings is 2. The standard InChI is InChI=1S/C28H35N2O7P/c1-2-28(16-8-9-17-28)27(33)30(20-38(34,35)36)24-15-14-22-12-6-7-13-23(22)29(26(24)32)18-25(31)37-19-21-10-4-3-5-11-21/h3-7,10-13,24H,2,8-9,14-20H2,1H3,(H2,34,35,36)/t24-/m0/s1. The Labute approximate surface area is 222 Å². The molecular weight excluding hydrogens is 507 g/mol. The summed E-state index contributed by atoms with van der Waals surface area (Å²) in [5, 5.41) is 0. The Bertz CT molecular complexity index is 1210. The average Bonchev–Trinajstić information content (AvgIpc) is 3.35. The van der Waals surface area contributed by atoms with E-state index in [0.717, 1.165) is 28.9 Å². The van der Waals surface area contributed by atoms with Crippen molar-refractivity contribution in [2.45, 2.75) is 64.5 Å². The van der Waals surface area contributed by atoms with Gasteiger partial charge in [-0.25, -0.2) is 0 Å². The molecule has 2 aliphatic rings. The van der Waals surface area contributed by atoms with Crippen LogP contribution in [-0.2, 0) is 36.7 Å². The van der Waals surface area contributed by atoms with E-state index >= 15 is 0 Å². The van der Waals surface area contributed by atoms with Gasteiger partial charge in [-0.2, -0.15) is 0 Å². The lowest BCUT2D eigenvalue weighted by Gasteiger charge is -2.38. The first-order valence-electron chi connectivity index (χ1n) is 13.1. The first-order chi connectivity index (χ1) is 18.1. The van der Waals surface area contributed by atoms with Gasteiger partial charge in [0.05, 0.1) is 0 Å². The predicted octanol–water partition coefficient (Wildman–Crippen LogP) is 4.01. The molecule has 1 saturated carbocycles. The number of anilines is 1. The fourth-order valence-corrected chi connectivity index (χ4v) is 6.37. The first-order valence-corrected chi connectivity index (χ1v) is 14.9. The van der Waals surface area contributed by atoms with Crippen LogP contribution < -0.4 is 4.90 Å². The van der Waals surface area contributed by atoms with Gasteiger partial charge in [0.25, 0.3) is 0 Å². The third kappa shape index (κ3) is 6.34. The van der Waals surface area contributed by atoms with Crippen LogP contribution in [0.1, 0.15) is 56.6 Å². The lowest BCUT2D eigenvalue weighted by molar-refractivity contribution is -0.148. The van der Waals surface area contributed by atoms with Crippen molar-refractivity contribution in [2.24, 2.45) is 5.41 Å². The predicted molar refractivity (Wildman–Crippen MR) is 142 cm³/mol. The van der Waals surface area contributed by atoms with Gasteiger partial charge in [-0.3, -0.25) is 23.8 Å². The maximum absolute atomic E-state index is 14.0. The van der Waals surface area contributed by atoms with Crippen LogP contribution in [0.25, 0.3) is 0 Å². The van der Waals surface area contributed by atoms with E-state index < -0.39 is 43.1 Å². The number of esters is 1. The van der Waals surface area contributed by atoms with Gasteiger partial charge in [0.15, 0.2) is 0 Å². The van der Waals surface area contributed by atoms with Gasteiger partial charge in [-0.1, -0.05) is 68.3 Å². The number of ether oxygens (including phenoxy) is 1. The molecule has 4 rings (SSSR count). The highest BCUT2D eigenvalue weighted by Gasteiger charge is 2.47. The molecule has 2 aromatic carbocycles. The van der Waals surface area contributed by atoms with Crippen molar-refractivity contribution in [3.63, 3.8) is 0 Å². The minimum atomic E-state index is -4.69. The number of hydrogen-bond acceptors (Lipinski definition) is 5. The van der Waals surface area contributed by atoms with Crippen molar-refractivity contribution < 1.29 is 33.5 Å². The molecule has 0 aromatic heterocycles. The molecule has 0 bridgehead atoms. The Kier molecular flexibility index (Phi) is 8.71. The van der Waals surface area contributed by atoms with Crippen LogP contribution in [0, 0.1) is 5.41 Å². The van der Waals surface area contributed by atoms with Crippen molar-refractivity contribution in [1.29, 1.82) is 0 Å². The number of para-hydroxylation sites is 1. The van der Waals surface area contributed by atoms with Crippen molar-refractivity contribution in [3.05, 3.63) is 65.7 Å². The summed E-state index contributed by atoms with van der Waals surface area (Å²) >= 11 is 0. The van der Waals surface area contributed by atoms with Gasteiger partial charge < -0.3 is 19.4 Å². The van der Waals surface area contributed by atoms with E-state index in [1.165, 1.54) is 4.90 Å². The van der Waals surface area contributed by atoms with Crippen molar-refractivity contribution >= 4 is 31.1 Å². The zero-order valence-electron chi connectivity index (χ0n) is 21.6. The van der Waals surface area contributed by atoms with Crippen LogP contribution in [0.5, 0.6) is 0 Å². The SMILES string of the molecule is CCC1(C(=O)N(CP(=O)(O)O)[C@H]2CCc3ccccc3N(CC(=O)OCc3ccccc3)C2=O)CCCC1. The second-order valence-electron chi connectivity index (χ2n) is 10.2. The monoisotopic (exact) mass is 542 g/mol. The highest BCUT2D eigenvalue weighted by Crippen LogP contribution is 2.46. The molecule has 1 aliphatic heterocycles. The van der Waals surface area contributed by atoms with Crippen molar-refractivity contribution in [1.82, 2.24) is 4.90 Å². The van der Waals surface area contributed by atoms with Crippen molar-refractivity contribution in [2.75, 3.05) is 17.7 Å². The summed E-state index contributed by atoms with van der Waals surface area (Å²) in [4.78, 5) is 63.0. The topological polar surface area (TPSA) is 124 Å². The third-order valence-electron chi connectivity index (χ3n) is 7.72. The number of nitrogens with zero attached hydrogens (tertiary/aromatic N) is 2. The van der Waals surface area contributed by atoms with E-state index in [-0.39, 0.29) is 19.6 Å². The zero-order valence-corrected chi connectivity index (χ0v) is 22.5.